The Labute approximate surface area is 83.2 Å². The summed E-state index contributed by atoms with van der Waals surface area (Å²) in [5.74, 6) is 0.747. The monoisotopic (exact) mass is 184 g/mol. The number of hydrogen-bond acceptors (Lipinski definition) is 2. The number of ether oxygens (including phenoxy) is 1. The first kappa shape index (κ1) is 8.75. The number of rotatable bonds is 3. The Balaban J connectivity index is 1.96. The number of benzene rings is 1. The SMILES string of the molecule is [c]1cncc(OCc2ccccc2)c1. The zero-order valence-corrected chi connectivity index (χ0v) is 7.68. The fraction of sp³-hybridized carbons (Fsp3) is 0.0833. The minimum absolute atomic E-state index is 0.570. The summed E-state index contributed by atoms with van der Waals surface area (Å²) in [4.78, 5) is 3.92. The fourth-order valence-corrected chi connectivity index (χ4v) is 1.13. The zero-order valence-electron chi connectivity index (χ0n) is 7.68. The Hall–Kier alpha value is -1.83. The molecule has 0 aliphatic carbocycles. The molecule has 0 saturated carbocycles. The molecular formula is C12H10NO. The molecule has 2 rings (SSSR count). The molecule has 1 radical (unpaired) electrons. The minimum Gasteiger partial charge on any atom is -0.487 e. The summed E-state index contributed by atoms with van der Waals surface area (Å²) in [6, 6.07) is 14.7. The third-order valence-corrected chi connectivity index (χ3v) is 1.82. The molecule has 0 bridgehead atoms. The van der Waals surface area contributed by atoms with Crippen LogP contribution in [0.3, 0.4) is 0 Å². The maximum absolute atomic E-state index is 5.50. The second-order valence-electron chi connectivity index (χ2n) is 2.89. The molecule has 0 spiro atoms. The summed E-state index contributed by atoms with van der Waals surface area (Å²) in [6.07, 6.45) is 3.29. The van der Waals surface area contributed by atoms with Crippen LogP contribution in [-0.4, -0.2) is 4.98 Å². The van der Waals surface area contributed by atoms with Gasteiger partial charge in [0.25, 0.3) is 0 Å². The van der Waals surface area contributed by atoms with Crippen LogP contribution in [0, 0.1) is 6.07 Å². The summed E-state index contributed by atoms with van der Waals surface area (Å²) in [7, 11) is 0. The summed E-state index contributed by atoms with van der Waals surface area (Å²) in [5.41, 5.74) is 1.15. The molecule has 0 N–H and O–H groups in total. The lowest BCUT2D eigenvalue weighted by Crippen LogP contribution is -1.94. The van der Waals surface area contributed by atoms with Crippen LogP contribution in [0.1, 0.15) is 5.56 Å². The predicted octanol–water partition coefficient (Wildman–Crippen LogP) is 2.46. The number of nitrogens with zero attached hydrogens (tertiary/aromatic N) is 1. The first-order valence-electron chi connectivity index (χ1n) is 4.43. The third kappa shape index (κ3) is 2.33. The van der Waals surface area contributed by atoms with Gasteiger partial charge in [0.15, 0.2) is 0 Å². The molecule has 2 nitrogen and oxygen atoms in total. The van der Waals surface area contributed by atoms with Crippen LogP contribution in [-0.2, 0) is 6.61 Å². The molecule has 2 aromatic rings. The Kier molecular flexibility index (Phi) is 2.76. The number of pyridine rings is 1. The molecule has 69 valence electrons. The fourth-order valence-electron chi connectivity index (χ4n) is 1.13. The summed E-state index contributed by atoms with van der Waals surface area (Å²) >= 11 is 0. The van der Waals surface area contributed by atoms with E-state index in [1.54, 1.807) is 18.5 Å². The van der Waals surface area contributed by atoms with Gasteiger partial charge in [-0.3, -0.25) is 4.98 Å². The summed E-state index contributed by atoms with van der Waals surface area (Å²) < 4.78 is 5.50. The van der Waals surface area contributed by atoms with Crippen molar-refractivity contribution in [2.75, 3.05) is 0 Å². The van der Waals surface area contributed by atoms with Crippen molar-refractivity contribution in [2.24, 2.45) is 0 Å². The lowest BCUT2D eigenvalue weighted by Gasteiger charge is -2.04. The van der Waals surface area contributed by atoms with E-state index in [0.717, 1.165) is 11.3 Å². The van der Waals surface area contributed by atoms with Gasteiger partial charge in [-0.1, -0.05) is 30.3 Å². The van der Waals surface area contributed by atoms with Crippen LogP contribution in [0.2, 0.25) is 0 Å². The molecule has 0 aliphatic rings. The number of hydrogen-bond donors (Lipinski definition) is 0. The van der Waals surface area contributed by atoms with Crippen LogP contribution in [0.4, 0.5) is 0 Å². The van der Waals surface area contributed by atoms with E-state index < -0.39 is 0 Å². The first-order valence-corrected chi connectivity index (χ1v) is 4.43. The molecule has 0 atom stereocenters. The van der Waals surface area contributed by atoms with Crippen molar-refractivity contribution >= 4 is 0 Å². The smallest absolute Gasteiger partial charge is 0.138 e. The minimum atomic E-state index is 0.570. The molecule has 1 aromatic heterocycles. The lowest BCUT2D eigenvalue weighted by atomic mass is 10.2. The maximum Gasteiger partial charge on any atom is 0.138 e. The van der Waals surface area contributed by atoms with Crippen molar-refractivity contribution in [3.63, 3.8) is 0 Å². The quantitative estimate of drug-likeness (QED) is 0.731. The van der Waals surface area contributed by atoms with Crippen LogP contribution >= 0.6 is 0 Å². The van der Waals surface area contributed by atoms with E-state index in [-0.39, 0.29) is 0 Å². The van der Waals surface area contributed by atoms with Crippen molar-refractivity contribution in [2.45, 2.75) is 6.61 Å². The van der Waals surface area contributed by atoms with Gasteiger partial charge < -0.3 is 4.74 Å². The van der Waals surface area contributed by atoms with Gasteiger partial charge >= 0.3 is 0 Å². The average Bonchev–Trinajstić information content (AvgIpc) is 2.29. The van der Waals surface area contributed by atoms with Crippen molar-refractivity contribution < 1.29 is 4.74 Å². The molecule has 0 saturated heterocycles. The average molecular weight is 184 g/mol. The molecule has 14 heavy (non-hydrogen) atoms. The van der Waals surface area contributed by atoms with Gasteiger partial charge in [0.2, 0.25) is 0 Å². The van der Waals surface area contributed by atoms with Crippen molar-refractivity contribution in [1.82, 2.24) is 4.98 Å². The van der Waals surface area contributed by atoms with Gasteiger partial charge in [0.1, 0.15) is 12.4 Å². The van der Waals surface area contributed by atoms with Gasteiger partial charge in [-0.15, -0.1) is 0 Å². The van der Waals surface area contributed by atoms with Gasteiger partial charge in [0, 0.05) is 12.3 Å². The maximum atomic E-state index is 5.50. The Morgan fingerprint density at radius 1 is 1.21 bits per heavy atom. The Morgan fingerprint density at radius 3 is 2.79 bits per heavy atom. The van der Waals surface area contributed by atoms with E-state index in [2.05, 4.69) is 11.1 Å². The molecule has 2 heteroatoms. The van der Waals surface area contributed by atoms with E-state index in [1.165, 1.54) is 0 Å². The lowest BCUT2D eigenvalue weighted by molar-refractivity contribution is 0.305. The summed E-state index contributed by atoms with van der Waals surface area (Å²) in [5, 5.41) is 0. The first-order chi connectivity index (χ1) is 6.95. The van der Waals surface area contributed by atoms with E-state index >= 15 is 0 Å². The second kappa shape index (κ2) is 4.42. The van der Waals surface area contributed by atoms with Crippen LogP contribution in [0.15, 0.2) is 48.8 Å². The van der Waals surface area contributed by atoms with E-state index in [0.29, 0.717) is 6.61 Å². The zero-order chi connectivity index (χ0) is 9.64. The molecule has 0 unspecified atom stereocenters. The second-order valence-corrected chi connectivity index (χ2v) is 2.89. The van der Waals surface area contributed by atoms with E-state index in [1.807, 2.05) is 30.3 Å². The van der Waals surface area contributed by atoms with E-state index in [9.17, 15) is 0 Å². The summed E-state index contributed by atoms with van der Waals surface area (Å²) in [6.45, 7) is 0.570. The largest absolute Gasteiger partial charge is 0.487 e. The van der Waals surface area contributed by atoms with Gasteiger partial charge in [0.05, 0.1) is 6.20 Å². The van der Waals surface area contributed by atoms with Crippen LogP contribution < -0.4 is 4.74 Å². The topological polar surface area (TPSA) is 22.1 Å². The molecule has 1 heterocycles. The van der Waals surface area contributed by atoms with Crippen LogP contribution in [0.5, 0.6) is 5.75 Å². The van der Waals surface area contributed by atoms with Gasteiger partial charge in [-0.25, -0.2) is 0 Å². The molecule has 1 aromatic carbocycles. The van der Waals surface area contributed by atoms with Crippen LogP contribution in [0.25, 0.3) is 0 Å². The van der Waals surface area contributed by atoms with Crippen molar-refractivity contribution in [3.8, 4) is 5.75 Å². The highest BCUT2D eigenvalue weighted by Crippen LogP contribution is 2.09. The van der Waals surface area contributed by atoms with E-state index in [4.69, 9.17) is 4.74 Å². The Morgan fingerprint density at radius 2 is 2.07 bits per heavy atom. The third-order valence-electron chi connectivity index (χ3n) is 1.82. The number of aromatic nitrogens is 1. The van der Waals surface area contributed by atoms with Gasteiger partial charge in [-0.05, 0) is 11.6 Å². The standard InChI is InChI=1S/C12H10NO/c1-2-5-11(6-3-1)10-14-12-7-4-8-13-9-12/h1-3,5-9H,10H2. The highest BCUT2D eigenvalue weighted by atomic mass is 16.5. The molecule has 0 aliphatic heterocycles. The molecule has 0 fully saturated rings. The van der Waals surface area contributed by atoms with Gasteiger partial charge in [-0.2, -0.15) is 0 Å². The van der Waals surface area contributed by atoms with Crippen molar-refractivity contribution in [1.29, 1.82) is 0 Å². The highest BCUT2D eigenvalue weighted by Gasteiger charge is 1.93. The molecular weight excluding hydrogens is 174 g/mol. The Bertz CT molecular complexity index is 333. The predicted molar refractivity (Wildman–Crippen MR) is 53.8 cm³/mol. The van der Waals surface area contributed by atoms with Crippen molar-refractivity contribution in [3.05, 3.63) is 60.4 Å². The molecule has 0 amide bonds. The normalized spacial score (nSPS) is 9.71. The highest BCUT2D eigenvalue weighted by molar-refractivity contribution is 5.18.